The van der Waals surface area contributed by atoms with Crippen molar-refractivity contribution in [2.75, 3.05) is 6.54 Å². The molecular weight excluding hydrogens is 356 g/mol. The number of guanidine groups is 1. The zero-order valence-electron chi connectivity index (χ0n) is 16.6. The first-order valence-corrected chi connectivity index (χ1v) is 11.0. The van der Waals surface area contributed by atoms with E-state index < -0.39 is 0 Å². The van der Waals surface area contributed by atoms with Crippen molar-refractivity contribution in [1.29, 1.82) is 0 Å². The SMILES string of the molecule is Cc1nnc(CN=C(NCCCCC2CCCC2)NCc2cccs2)n1C. The zero-order chi connectivity index (χ0) is 18.9. The number of aliphatic imine (C=N–C) groups is 1. The van der Waals surface area contributed by atoms with Crippen LogP contribution in [0.1, 0.15) is 61.5 Å². The summed E-state index contributed by atoms with van der Waals surface area (Å²) in [5.41, 5.74) is 0. The highest BCUT2D eigenvalue weighted by Crippen LogP contribution is 2.28. The van der Waals surface area contributed by atoms with Crippen LogP contribution in [0.3, 0.4) is 0 Å². The summed E-state index contributed by atoms with van der Waals surface area (Å²) in [7, 11) is 1.98. The average molecular weight is 389 g/mol. The standard InChI is InChI=1S/C20H32N6S/c1-16-24-25-19(26(16)2)15-23-20(22-14-18-11-7-13-27-18)21-12-6-5-10-17-8-3-4-9-17/h7,11,13,17H,3-6,8-10,12,14-15H2,1-2H3,(H2,21,22,23). The van der Waals surface area contributed by atoms with E-state index >= 15 is 0 Å². The molecule has 0 atom stereocenters. The number of unbranched alkanes of at least 4 members (excludes halogenated alkanes) is 1. The summed E-state index contributed by atoms with van der Waals surface area (Å²) >= 11 is 1.76. The van der Waals surface area contributed by atoms with Crippen molar-refractivity contribution in [2.24, 2.45) is 18.0 Å². The topological polar surface area (TPSA) is 67.1 Å². The van der Waals surface area contributed by atoms with Crippen molar-refractivity contribution in [3.8, 4) is 0 Å². The van der Waals surface area contributed by atoms with Crippen molar-refractivity contribution in [2.45, 2.75) is 65.0 Å². The number of hydrogen-bond acceptors (Lipinski definition) is 4. The van der Waals surface area contributed by atoms with Crippen LogP contribution < -0.4 is 10.6 Å². The molecular formula is C20H32N6S. The molecule has 2 N–H and O–H groups in total. The van der Waals surface area contributed by atoms with Crippen LogP contribution in [0.2, 0.25) is 0 Å². The number of hydrogen-bond donors (Lipinski definition) is 2. The lowest BCUT2D eigenvalue weighted by atomic mass is 10.0. The van der Waals surface area contributed by atoms with Crippen LogP contribution in [0, 0.1) is 12.8 Å². The summed E-state index contributed by atoms with van der Waals surface area (Å²) in [4.78, 5) is 6.02. The molecule has 1 aliphatic carbocycles. The third-order valence-corrected chi connectivity index (χ3v) is 6.25. The quantitative estimate of drug-likeness (QED) is 0.390. The molecule has 3 rings (SSSR count). The first-order chi connectivity index (χ1) is 13.2. The first kappa shape index (κ1) is 19.9. The van der Waals surface area contributed by atoms with E-state index in [0.29, 0.717) is 6.54 Å². The Labute approximate surface area is 166 Å². The lowest BCUT2D eigenvalue weighted by molar-refractivity contribution is 0.472. The maximum absolute atomic E-state index is 4.72. The van der Waals surface area contributed by atoms with E-state index in [2.05, 4.69) is 38.3 Å². The number of aromatic nitrogens is 3. The molecule has 2 aromatic heterocycles. The molecule has 0 radical (unpaired) electrons. The lowest BCUT2D eigenvalue weighted by Gasteiger charge is -2.13. The molecule has 148 valence electrons. The van der Waals surface area contributed by atoms with E-state index in [1.807, 2.05) is 18.5 Å². The number of thiophene rings is 1. The summed E-state index contributed by atoms with van der Waals surface area (Å²) in [6.45, 7) is 4.24. The molecule has 1 saturated carbocycles. The second-order valence-corrected chi connectivity index (χ2v) is 8.43. The molecule has 0 aliphatic heterocycles. The Kier molecular flexibility index (Phi) is 7.68. The van der Waals surface area contributed by atoms with Gasteiger partial charge in [0.25, 0.3) is 0 Å². The molecule has 2 aromatic rings. The Balaban J connectivity index is 1.47. The Morgan fingerprint density at radius 3 is 2.81 bits per heavy atom. The van der Waals surface area contributed by atoms with Gasteiger partial charge >= 0.3 is 0 Å². The zero-order valence-corrected chi connectivity index (χ0v) is 17.4. The van der Waals surface area contributed by atoms with E-state index in [1.165, 1.54) is 49.8 Å². The van der Waals surface area contributed by atoms with Crippen molar-refractivity contribution in [3.05, 3.63) is 34.0 Å². The number of nitrogens with one attached hydrogen (secondary N) is 2. The summed E-state index contributed by atoms with van der Waals surface area (Å²) < 4.78 is 1.99. The predicted molar refractivity (Wildman–Crippen MR) is 112 cm³/mol. The van der Waals surface area contributed by atoms with Crippen LogP contribution in [0.25, 0.3) is 0 Å². The van der Waals surface area contributed by atoms with Crippen LogP contribution in [0.15, 0.2) is 22.5 Å². The molecule has 0 spiro atoms. The molecule has 6 nitrogen and oxygen atoms in total. The third-order valence-electron chi connectivity index (χ3n) is 5.38. The van der Waals surface area contributed by atoms with Gasteiger partial charge in [-0.25, -0.2) is 4.99 Å². The van der Waals surface area contributed by atoms with E-state index in [4.69, 9.17) is 4.99 Å². The van der Waals surface area contributed by atoms with Crippen molar-refractivity contribution in [3.63, 3.8) is 0 Å². The molecule has 0 unspecified atom stereocenters. The largest absolute Gasteiger partial charge is 0.356 e. The van der Waals surface area contributed by atoms with Crippen LogP contribution in [0.4, 0.5) is 0 Å². The Morgan fingerprint density at radius 2 is 2.11 bits per heavy atom. The Bertz CT molecular complexity index is 700. The Morgan fingerprint density at radius 1 is 1.26 bits per heavy atom. The minimum Gasteiger partial charge on any atom is -0.356 e. The number of aryl methyl sites for hydroxylation is 1. The summed E-state index contributed by atoms with van der Waals surface area (Å²) in [5.74, 6) is 3.62. The first-order valence-electron chi connectivity index (χ1n) is 10.1. The number of rotatable bonds is 9. The van der Waals surface area contributed by atoms with Gasteiger partial charge in [-0.3, -0.25) is 0 Å². The summed E-state index contributed by atoms with van der Waals surface area (Å²) in [5, 5.41) is 17.3. The van der Waals surface area contributed by atoms with Gasteiger partial charge in [-0.1, -0.05) is 44.6 Å². The molecule has 0 amide bonds. The van der Waals surface area contributed by atoms with Gasteiger partial charge in [0.2, 0.25) is 0 Å². The molecule has 1 fully saturated rings. The molecule has 0 bridgehead atoms. The van der Waals surface area contributed by atoms with Gasteiger partial charge in [0.15, 0.2) is 11.8 Å². The van der Waals surface area contributed by atoms with Crippen molar-refractivity contribution in [1.82, 2.24) is 25.4 Å². The van der Waals surface area contributed by atoms with E-state index in [9.17, 15) is 0 Å². The Hall–Kier alpha value is -1.89. The molecule has 2 heterocycles. The average Bonchev–Trinajstić information content (AvgIpc) is 3.42. The molecule has 27 heavy (non-hydrogen) atoms. The normalized spacial score (nSPS) is 15.4. The maximum atomic E-state index is 4.72. The second-order valence-electron chi connectivity index (χ2n) is 7.39. The fraction of sp³-hybridized carbons (Fsp3) is 0.650. The van der Waals surface area contributed by atoms with Gasteiger partial charge in [-0.05, 0) is 30.7 Å². The van der Waals surface area contributed by atoms with Crippen molar-refractivity contribution < 1.29 is 0 Å². The minimum absolute atomic E-state index is 0.527. The predicted octanol–water partition coefficient (Wildman–Crippen LogP) is 3.78. The van der Waals surface area contributed by atoms with Crippen LogP contribution in [-0.2, 0) is 20.1 Å². The van der Waals surface area contributed by atoms with Gasteiger partial charge in [-0.2, -0.15) is 0 Å². The van der Waals surface area contributed by atoms with Gasteiger partial charge in [0.05, 0.1) is 6.54 Å². The van der Waals surface area contributed by atoms with Gasteiger partial charge in [0, 0.05) is 18.5 Å². The van der Waals surface area contributed by atoms with Gasteiger partial charge < -0.3 is 15.2 Å². The van der Waals surface area contributed by atoms with E-state index in [-0.39, 0.29) is 0 Å². The highest BCUT2D eigenvalue weighted by Gasteiger charge is 2.14. The maximum Gasteiger partial charge on any atom is 0.192 e. The highest BCUT2D eigenvalue weighted by atomic mass is 32.1. The van der Waals surface area contributed by atoms with Gasteiger partial charge in [0.1, 0.15) is 12.4 Å². The smallest absolute Gasteiger partial charge is 0.192 e. The minimum atomic E-state index is 0.527. The summed E-state index contributed by atoms with van der Waals surface area (Å²) in [6.07, 6.45) is 9.65. The lowest BCUT2D eigenvalue weighted by Crippen LogP contribution is -2.37. The van der Waals surface area contributed by atoms with Crippen LogP contribution in [0.5, 0.6) is 0 Å². The van der Waals surface area contributed by atoms with Crippen LogP contribution in [-0.4, -0.2) is 27.3 Å². The molecule has 0 saturated heterocycles. The summed E-state index contributed by atoms with van der Waals surface area (Å²) in [6, 6.07) is 4.22. The molecule has 1 aliphatic rings. The molecule has 7 heteroatoms. The monoisotopic (exact) mass is 388 g/mol. The fourth-order valence-corrected chi connectivity index (χ4v) is 4.21. The molecule has 0 aromatic carbocycles. The van der Waals surface area contributed by atoms with E-state index in [0.717, 1.165) is 36.6 Å². The van der Waals surface area contributed by atoms with Crippen molar-refractivity contribution >= 4 is 17.3 Å². The van der Waals surface area contributed by atoms with Gasteiger partial charge in [-0.15, -0.1) is 21.5 Å². The van der Waals surface area contributed by atoms with Crippen LogP contribution >= 0.6 is 11.3 Å². The fourth-order valence-electron chi connectivity index (χ4n) is 3.56. The highest BCUT2D eigenvalue weighted by molar-refractivity contribution is 7.09. The number of nitrogens with zero attached hydrogens (tertiary/aromatic N) is 4. The van der Waals surface area contributed by atoms with E-state index in [1.54, 1.807) is 11.3 Å². The second kappa shape index (κ2) is 10.4. The third kappa shape index (κ3) is 6.34.